The van der Waals surface area contributed by atoms with Crippen molar-refractivity contribution in [2.75, 3.05) is 0 Å². The summed E-state index contributed by atoms with van der Waals surface area (Å²) >= 11 is 12.1. The molecule has 1 aromatic rings. The zero-order chi connectivity index (χ0) is 16.7. The van der Waals surface area contributed by atoms with E-state index in [9.17, 15) is 5.26 Å². The molecule has 0 fully saturated rings. The first-order valence-corrected chi connectivity index (χ1v) is 8.87. The van der Waals surface area contributed by atoms with Gasteiger partial charge in [-0.3, -0.25) is 0 Å². The van der Waals surface area contributed by atoms with Gasteiger partial charge >= 0.3 is 0 Å². The maximum atomic E-state index is 9.38. The second-order valence-corrected chi connectivity index (χ2v) is 7.04. The van der Waals surface area contributed by atoms with Gasteiger partial charge in [0.05, 0.1) is 11.0 Å². The lowest BCUT2D eigenvalue weighted by Crippen LogP contribution is -2.01. The largest absolute Gasteiger partial charge is 0.197 e. The third-order valence-electron chi connectivity index (χ3n) is 3.33. The van der Waals surface area contributed by atoms with E-state index in [0.29, 0.717) is 9.94 Å². The van der Waals surface area contributed by atoms with Crippen molar-refractivity contribution in [1.82, 2.24) is 0 Å². The molecular formula is C18H15ClN2S2. The van der Waals surface area contributed by atoms with Crippen molar-refractivity contribution >= 4 is 36.0 Å². The molecule has 1 aliphatic rings. The van der Waals surface area contributed by atoms with Crippen LogP contribution in [0.25, 0.3) is 0 Å². The average molecular weight is 359 g/mol. The Bertz CT molecular complexity index is 737. The summed E-state index contributed by atoms with van der Waals surface area (Å²) < 4.78 is 0. The predicted molar refractivity (Wildman–Crippen MR) is 99.2 cm³/mol. The Morgan fingerprint density at radius 1 is 1.26 bits per heavy atom. The van der Waals surface area contributed by atoms with Crippen LogP contribution in [0.3, 0.4) is 0 Å². The summed E-state index contributed by atoms with van der Waals surface area (Å²) in [5.74, 6) is 0. The standard InChI is InChI=1S/C18H15ClN2S2/c19-18-13(9-15(22)11-20)5-4-6-14(18)10-17(12-21)23-16-7-2-1-3-8-16/h1-3,7-10,15,22H,4-6H2/b13-9+,17-10+. The van der Waals surface area contributed by atoms with Gasteiger partial charge in [0.15, 0.2) is 0 Å². The fourth-order valence-electron chi connectivity index (χ4n) is 2.27. The Kier molecular flexibility index (Phi) is 6.86. The van der Waals surface area contributed by atoms with Gasteiger partial charge < -0.3 is 0 Å². The Labute approximate surface area is 151 Å². The molecule has 1 aliphatic carbocycles. The second-order valence-electron chi connectivity index (χ2n) is 4.99. The van der Waals surface area contributed by atoms with Gasteiger partial charge in [-0.2, -0.15) is 23.2 Å². The number of benzene rings is 1. The highest BCUT2D eigenvalue weighted by atomic mass is 35.5. The first-order chi connectivity index (χ1) is 11.1. The molecule has 0 saturated heterocycles. The van der Waals surface area contributed by atoms with E-state index in [0.717, 1.165) is 35.3 Å². The van der Waals surface area contributed by atoms with Crippen LogP contribution in [-0.4, -0.2) is 5.25 Å². The van der Waals surface area contributed by atoms with Gasteiger partial charge in [-0.15, -0.1) is 0 Å². The van der Waals surface area contributed by atoms with Gasteiger partial charge in [-0.1, -0.05) is 47.6 Å². The maximum absolute atomic E-state index is 9.38. The van der Waals surface area contributed by atoms with Crippen molar-refractivity contribution in [1.29, 1.82) is 10.5 Å². The van der Waals surface area contributed by atoms with E-state index in [4.69, 9.17) is 16.9 Å². The molecule has 0 bridgehead atoms. The number of allylic oxidation sites excluding steroid dienone is 5. The smallest absolute Gasteiger partial charge is 0.107 e. The van der Waals surface area contributed by atoms with E-state index in [2.05, 4.69) is 24.8 Å². The van der Waals surface area contributed by atoms with E-state index < -0.39 is 5.25 Å². The summed E-state index contributed by atoms with van der Waals surface area (Å²) in [5.41, 5.74) is 1.88. The molecule has 0 heterocycles. The Morgan fingerprint density at radius 3 is 2.65 bits per heavy atom. The van der Waals surface area contributed by atoms with Crippen molar-refractivity contribution < 1.29 is 0 Å². The highest BCUT2D eigenvalue weighted by Gasteiger charge is 2.16. The van der Waals surface area contributed by atoms with Crippen LogP contribution in [0.1, 0.15) is 19.3 Å². The topological polar surface area (TPSA) is 47.6 Å². The molecule has 2 nitrogen and oxygen atoms in total. The molecule has 0 spiro atoms. The number of halogens is 1. The molecule has 5 heteroatoms. The van der Waals surface area contributed by atoms with Crippen molar-refractivity contribution in [3.8, 4) is 12.1 Å². The highest BCUT2D eigenvalue weighted by molar-refractivity contribution is 8.03. The Balaban J connectivity index is 2.28. The van der Waals surface area contributed by atoms with Crippen molar-refractivity contribution in [3.05, 3.63) is 63.6 Å². The minimum absolute atomic E-state index is 0.462. The molecule has 1 unspecified atom stereocenters. The normalized spacial score (nSPS) is 18.4. The minimum atomic E-state index is -0.462. The first-order valence-electron chi connectivity index (χ1n) is 7.16. The van der Waals surface area contributed by atoms with Crippen LogP contribution in [0.5, 0.6) is 0 Å². The number of thiol groups is 1. The molecule has 0 amide bonds. The van der Waals surface area contributed by atoms with Crippen LogP contribution in [0.15, 0.2) is 68.5 Å². The summed E-state index contributed by atoms with van der Waals surface area (Å²) in [7, 11) is 0. The fraction of sp³-hybridized carbons (Fsp3) is 0.222. The van der Waals surface area contributed by atoms with E-state index in [1.54, 1.807) is 6.08 Å². The molecule has 0 aliphatic heterocycles. The number of nitrogens with zero attached hydrogens (tertiary/aromatic N) is 2. The third-order valence-corrected chi connectivity index (χ3v) is 5.02. The highest BCUT2D eigenvalue weighted by Crippen LogP contribution is 2.36. The van der Waals surface area contributed by atoms with Crippen LogP contribution >= 0.6 is 36.0 Å². The first kappa shape index (κ1) is 17.8. The zero-order valence-electron chi connectivity index (χ0n) is 12.4. The Hall–Kier alpha value is -1.59. The lowest BCUT2D eigenvalue weighted by Gasteiger charge is -2.17. The average Bonchev–Trinajstić information content (AvgIpc) is 2.58. The molecule has 0 N–H and O–H groups in total. The van der Waals surface area contributed by atoms with E-state index in [-0.39, 0.29) is 0 Å². The van der Waals surface area contributed by atoms with Gasteiger partial charge in [0.1, 0.15) is 11.3 Å². The molecule has 116 valence electrons. The molecule has 0 aromatic heterocycles. The van der Waals surface area contributed by atoms with E-state index in [1.165, 1.54) is 11.8 Å². The molecule has 0 radical (unpaired) electrons. The number of hydrogen-bond acceptors (Lipinski definition) is 4. The molecule has 0 saturated carbocycles. The van der Waals surface area contributed by atoms with Crippen molar-refractivity contribution in [2.45, 2.75) is 29.4 Å². The number of hydrogen-bond donors (Lipinski definition) is 1. The molecule has 1 atom stereocenters. The maximum Gasteiger partial charge on any atom is 0.107 e. The van der Waals surface area contributed by atoms with Crippen LogP contribution in [-0.2, 0) is 0 Å². The van der Waals surface area contributed by atoms with Gasteiger partial charge in [-0.25, -0.2) is 0 Å². The molecular weight excluding hydrogens is 344 g/mol. The predicted octanol–water partition coefficient (Wildman–Crippen LogP) is 5.61. The van der Waals surface area contributed by atoms with Gasteiger partial charge in [0.25, 0.3) is 0 Å². The SMILES string of the molecule is N#C/C(=C\C1=C(Cl)C(=C/C(S)C#N)/CCC1)Sc1ccccc1. The van der Waals surface area contributed by atoms with Gasteiger partial charge in [0.2, 0.25) is 0 Å². The van der Waals surface area contributed by atoms with Gasteiger partial charge in [0, 0.05) is 9.93 Å². The van der Waals surface area contributed by atoms with Crippen LogP contribution < -0.4 is 0 Å². The van der Waals surface area contributed by atoms with E-state index >= 15 is 0 Å². The number of thioether (sulfide) groups is 1. The van der Waals surface area contributed by atoms with Crippen LogP contribution in [0, 0.1) is 22.7 Å². The third kappa shape index (κ3) is 5.22. The van der Waals surface area contributed by atoms with Crippen molar-refractivity contribution in [3.63, 3.8) is 0 Å². The minimum Gasteiger partial charge on any atom is -0.197 e. The molecule has 23 heavy (non-hydrogen) atoms. The number of rotatable bonds is 4. The number of nitriles is 2. The van der Waals surface area contributed by atoms with Crippen molar-refractivity contribution in [2.24, 2.45) is 0 Å². The summed E-state index contributed by atoms with van der Waals surface area (Å²) in [4.78, 5) is 1.62. The Morgan fingerprint density at radius 2 is 2.00 bits per heavy atom. The van der Waals surface area contributed by atoms with Crippen LogP contribution in [0.4, 0.5) is 0 Å². The molecule has 1 aromatic carbocycles. The second kappa shape index (κ2) is 8.89. The lowest BCUT2D eigenvalue weighted by molar-refractivity contribution is 0.789. The van der Waals surface area contributed by atoms with E-state index in [1.807, 2.05) is 36.4 Å². The zero-order valence-corrected chi connectivity index (χ0v) is 14.8. The summed E-state index contributed by atoms with van der Waals surface area (Å²) in [6.07, 6.45) is 6.26. The monoisotopic (exact) mass is 358 g/mol. The lowest BCUT2D eigenvalue weighted by atomic mass is 9.94. The quantitative estimate of drug-likeness (QED) is 0.432. The van der Waals surface area contributed by atoms with Crippen LogP contribution in [0.2, 0.25) is 0 Å². The summed E-state index contributed by atoms with van der Waals surface area (Å²) in [6.45, 7) is 0. The van der Waals surface area contributed by atoms with Gasteiger partial charge in [-0.05, 0) is 48.6 Å². The summed E-state index contributed by atoms with van der Waals surface area (Å²) in [6, 6.07) is 14.1. The molecule has 2 rings (SSSR count). The summed E-state index contributed by atoms with van der Waals surface area (Å²) in [5, 5.41) is 18.4. The fourth-order valence-corrected chi connectivity index (χ4v) is 3.55.